The molecule has 2 aromatic heterocycles. The second kappa shape index (κ2) is 2.62. The van der Waals surface area contributed by atoms with Gasteiger partial charge in [-0.05, 0) is 11.4 Å². The van der Waals surface area contributed by atoms with Gasteiger partial charge in [-0.1, -0.05) is 0 Å². The third kappa shape index (κ3) is 1.21. The summed E-state index contributed by atoms with van der Waals surface area (Å²) in [7, 11) is 0. The molecule has 0 atom stereocenters. The van der Waals surface area contributed by atoms with Gasteiger partial charge in [-0.25, -0.2) is 0 Å². The first-order valence-electron chi connectivity index (χ1n) is 2.98. The lowest BCUT2D eigenvalue weighted by Crippen LogP contribution is -1.93. The molecule has 0 spiro atoms. The van der Waals surface area contributed by atoms with Crippen molar-refractivity contribution in [1.29, 1.82) is 0 Å². The molecule has 4 heteroatoms. The van der Waals surface area contributed by atoms with Gasteiger partial charge in [0, 0.05) is 6.07 Å². The highest BCUT2D eigenvalue weighted by Crippen LogP contribution is 2.24. The van der Waals surface area contributed by atoms with Gasteiger partial charge in [-0.2, -0.15) is 0 Å². The van der Waals surface area contributed by atoms with E-state index >= 15 is 0 Å². The van der Waals surface area contributed by atoms with Crippen LogP contribution in [-0.2, 0) is 0 Å². The molecule has 0 fully saturated rings. The topological polar surface area (TPSA) is 17.1 Å². The normalized spacial score (nSPS) is 10.6. The summed E-state index contributed by atoms with van der Waals surface area (Å²) in [5, 5.41) is 1.93. The van der Waals surface area contributed by atoms with Crippen molar-refractivity contribution in [3.05, 3.63) is 27.7 Å². The summed E-state index contributed by atoms with van der Waals surface area (Å²) in [6.45, 7) is 0. The second-order valence-electron chi connectivity index (χ2n) is 2.06. The van der Waals surface area contributed by atoms with Gasteiger partial charge in [0.2, 0.25) is 0 Å². The Labute approximate surface area is 76.7 Å². The minimum absolute atomic E-state index is 0.0822. The zero-order valence-corrected chi connectivity index (χ0v) is 7.93. The van der Waals surface area contributed by atoms with Crippen molar-refractivity contribution in [2.24, 2.45) is 0 Å². The molecule has 0 saturated heterocycles. The van der Waals surface area contributed by atoms with E-state index in [2.05, 4.69) is 12.6 Å². The molecule has 2 aromatic rings. The maximum absolute atomic E-state index is 11.2. The summed E-state index contributed by atoms with van der Waals surface area (Å²) in [5.74, 6) is 0. The van der Waals surface area contributed by atoms with Crippen molar-refractivity contribution in [3.8, 4) is 0 Å². The van der Waals surface area contributed by atoms with E-state index in [1.54, 1.807) is 6.07 Å². The van der Waals surface area contributed by atoms with E-state index in [1.807, 2.05) is 11.4 Å². The van der Waals surface area contributed by atoms with Crippen LogP contribution in [0.15, 0.2) is 26.5 Å². The molecule has 0 aliphatic carbocycles. The van der Waals surface area contributed by atoms with E-state index in [0.717, 1.165) is 13.6 Å². The largest absolute Gasteiger partial charge is 0.288 e. The smallest absolute Gasteiger partial charge is 0.199 e. The Bertz CT molecular complexity index is 440. The molecule has 1 nitrogen and oxygen atoms in total. The zero-order valence-electron chi connectivity index (χ0n) is 5.40. The molecule has 2 rings (SSSR count). The Morgan fingerprint density at radius 2 is 2.27 bits per heavy atom. The molecule has 0 aliphatic heterocycles. The van der Waals surface area contributed by atoms with Crippen LogP contribution in [0, 0.1) is 0 Å². The predicted molar refractivity (Wildman–Crippen MR) is 53.2 cm³/mol. The first-order chi connectivity index (χ1) is 5.27. The first-order valence-corrected chi connectivity index (χ1v) is 5.12. The minimum atomic E-state index is 0.0822. The van der Waals surface area contributed by atoms with Crippen LogP contribution in [0.1, 0.15) is 0 Å². The van der Waals surface area contributed by atoms with Gasteiger partial charge in [0.1, 0.15) is 0 Å². The van der Waals surface area contributed by atoms with E-state index in [0.29, 0.717) is 0 Å². The van der Waals surface area contributed by atoms with E-state index in [4.69, 9.17) is 0 Å². The van der Waals surface area contributed by atoms with Crippen LogP contribution in [0.4, 0.5) is 0 Å². The van der Waals surface area contributed by atoms with E-state index in [1.165, 1.54) is 22.7 Å². The fourth-order valence-electron chi connectivity index (χ4n) is 0.877. The lowest BCUT2D eigenvalue weighted by molar-refractivity contribution is 1.64. The summed E-state index contributed by atoms with van der Waals surface area (Å²) >= 11 is 7.15. The highest BCUT2D eigenvalue weighted by molar-refractivity contribution is 7.83. The molecular weight excluding hydrogens is 196 g/mol. The Morgan fingerprint density at radius 3 is 3.09 bits per heavy atom. The van der Waals surface area contributed by atoms with Gasteiger partial charge in [0.05, 0.1) is 13.6 Å². The maximum atomic E-state index is 11.2. The van der Waals surface area contributed by atoms with Gasteiger partial charge in [0.15, 0.2) is 5.43 Å². The monoisotopic (exact) mass is 200 g/mol. The summed E-state index contributed by atoms with van der Waals surface area (Å²) < 4.78 is 2.65. The zero-order chi connectivity index (χ0) is 7.84. The van der Waals surface area contributed by atoms with Crippen molar-refractivity contribution in [2.45, 2.75) is 4.21 Å². The fourth-order valence-corrected chi connectivity index (χ4v) is 3.07. The molecule has 0 aromatic carbocycles. The predicted octanol–water partition coefficient (Wildman–Crippen LogP) is 2.61. The number of thiophene rings is 1. The molecule has 0 unspecified atom stereocenters. The van der Waals surface area contributed by atoms with Crippen LogP contribution < -0.4 is 5.43 Å². The molecule has 2 heterocycles. The van der Waals surface area contributed by atoms with Crippen molar-refractivity contribution in [1.82, 2.24) is 0 Å². The second-order valence-corrected chi connectivity index (χ2v) is 4.85. The van der Waals surface area contributed by atoms with Crippen LogP contribution in [0.2, 0.25) is 0 Å². The van der Waals surface area contributed by atoms with Gasteiger partial charge in [0.25, 0.3) is 0 Å². The third-order valence-corrected chi connectivity index (χ3v) is 3.67. The van der Waals surface area contributed by atoms with E-state index in [9.17, 15) is 4.79 Å². The molecule has 0 bridgehead atoms. The Balaban J connectivity index is 3.02. The van der Waals surface area contributed by atoms with Crippen LogP contribution >= 0.6 is 35.3 Å². The summed E-state index contributed by atoms with van der Waals surface area (Å²) in [6, 6.07) is 3.51. The Kier molecular flexibility index (Phi) is 1.75. The molecule has 0 amide bonds. The van der Waals surface area contributed by atoms with Crippen LogP contribution in [0.3, 0.4) is 0 Å². The van der Waals surface area contributed by atoms with E-state index < -0.39 is 0 Å². The van der Waals surface area contributed by atoms with Gasteiger partial charge >= 0.3 is 0 Å². The number of hydrogen-bond acceptors (Lipinski definition) is 4. The molecule has 0 N–H and O–H groups in total. The SMILES string of the molecule is O=c1cc(S)sc2ccsc12. The molecule has 56 valence electrons. The van der Waals surface area contributed by atoms with E-state index in [-0.39, 0.29) is 5.43 Å². The standard InChI is InChI=1S/C7H4OS3/c8-4-3-6(9)11-5-1-2-10-7(4)5/h1-3,9H. The molecule has 0 saturated carbocycles. The van der Waals surface area contributed by atoms with Crippen molar-refractivity contribution in [2.75, 3.05) is 0 Å². The average Bonchev–Trinajstić information content (AvgIpc) is 2.34. The van der Waals surface area contributed by atoms with Crippen molar-refractivity contribution < 1.29 is 0 Å². The van der Waals surface area contributed by atoms with Crippen molar-refractivity contribution in [3.63, 3.8) is 0 Å². The molecule has 11 heavy (non-hydrogen) atoms. The number of rotatable bonds is 0. The number of hydrogen-bond donors (Lipinski definition) is 1. The molecule has 0 radical (unpaired) electrons. The van der Waals surface area contributed by atoms with Gasteiger partial charge < -0.3 is 0 Å². The maximum Gasteiger partial charge on any atom is 0.199 e. The average molecular weight is 200 g/mol. The Hall–Kier alpha value is -0.320. The summed E-state index contributed by atoms with van der Waals surface area (Å²) in [5.41, 5.74) is 0.0822. The van der Waals surface area contributed by atoms with Gasteiger partial charge in [-0.3, -0.25) is 4.79 Å². The summed E-state index contributed by atoms with van der Waals surface area (Å²) in [6.07, 6.45) is 0. The lowest BCUT2D eigenvalue weighted by Gasteiger charge is -1.87. The quantitative estimate of drug-likeness (QED) is 0.647. The first kappa shape index (κ1) is 7.34. The third-order valence-electron chi connectivity index (χ3n) is 1.32. The highest BCUT2D eigenvalue weighted by atomic mass is 32.2. The Morgan fingerprint density at radius 1 is 1.45 bits per heavy atom. The van der Waals surface area contributed by atoms with Crippen LogP contribution in [-0.4, -0.2) is 0 Å². The number of thiol groups is 1. The van der Waals surface area contributed by atoms with Crippen LogP contribution in [0.5, 0.6) is 0 Å². The number of fused-ring (bicyclic) bond motifs is 1. The fraction of sp³-hybridized carbons (Fsp3) is 0. The van der Waals surface area contributed by atoms with Gasteiger partial charge in [-0.15, -0.1) is 35.3 Å². The highest BCUT2D eigenvalue weighted by Gasteiger charge is 2.00. The molecular formula is C7H4OS3. The molecule has 0 aliphatic rings. The summed E-state index contributed by atoms with van der Waals surface area (Å²) in [4.78, 5) is 11.2. The minimum Gasteiger partial charge on any atom is -0.288 e. The van der Waals surface area contributed by atoms with Crippen molar-refractivity contribution >= 4 is 44.7 Å². The lowest BCUT2D eigenvalue weighted by atomic mass is 10.5. The van der Waals surface area contributed by atoms with Crippen LogP contribution in [0.25, 0.3) is 9.40 Å².